The Morgan fingerprint density at radius 1 is 1.06 bits per heavy atom. The van der Waals surface area contributed by atoms with Crippen molar-refractivity contribution in [3.05, 3.63) is 94.9 Å². The fraction of sp³-hybridized carbons (Fsp3) is 0.111. The van der Waals surface area contributed by atoms with Gasteiger partial charge in [0.2, 0.25) is 0 Å². The molecule has 0 saturated carbocycles. The molecule has 1 aliphatic rings. The van der Waals surface area contributed by atoms with Crippen molar-refractivity contribution in [2.24, 2.45) is 0 Å². The second-order valence-corrected chi connectivity index (χ2v) is 9.23. The number of nitrogens with zero attached hydrogens (tertiary/aromatic N) is 1. The summed E-state index contributed by atoms with van der Waals surface area (Å²) in [6, 6.07) is 22.2. The number of carbonyl (C=O) groups is 1. The third kappa shape index (κ3) is 3.96. The zero-order valence-corrected chi connectivity index (χ0v) is 19.8. The van der Waals surface area contributed by atoms with Crippen molar-refractivity contribution in [1.82, 2.24) is 9.55 Å². The first kappa shape index (κ1) is 23.4. The molecule has 1 atom stereocenters. The summed E-state index contributed by atoms with van der Waals surface area (Å²) < 4.78 is 7.59. The van der Waals surface area contributed by atoms with E-state index >= 15 is 0 Å². The number of hydrogen-bond acceptors (Lipinski definition) is 5. The zero-order valence-electron chi connectivity index (χ0n) is 19.0. The molecule has 3 aromatic carbocycles. The molecule has 0 bridgehead atoms. The van der Waals surface area contributed by atoms with Crippen LogP contribution in [0.3, 0.4) is 0 Å². The van der Waals surface area contributed by atoms with Gasteiger partial charge in [-0.1, -0.05) is 54.6 Å². The number of carboxylic acid groups (broad SMARTS) is 1. The Morgan fingerprint density at radius 2 is 1.80 bits per heavy atom. The molecule has 0 aliphatic carbocycles. The number of carbonyl (C=O) groups excluding carboxylic acids is 1. The number of para-hydroxylation sites is 1. The van der Waals surface area contributed by atoms with Gasteiger partial charge in [0.15, 0.2) is 0 Å². The van der Waals surface area contributed by atoms with Gasteiger partial charge < -0.3 is 19.6 Å². The molecule has 0 radical (unpaired) electrons. The maximum atomic E-state index is 13.1. The van der Waals surface area contributed by atoms with Crippen molar-refractivity contribution in [2.75, 3.05) is 5.75 Å². The zero-order chi connectivity index (χ0) is 23.2. The van der Waals surface area contributed by atoms with Gasteiger partial charge in [-0.3, -0.25) is 9.36 Å². The van der Waals surface area contributed by atoms with Crippen molar-refractivity contribution in [1.29, 1.82) is 0 Å². The topological polar surface area (TPSA) is 87.2 Å². The standard InChI is InChI=1S/C27H20N2O4S.Li/c30-24-12-17(14-33-23-11-5-7-16-6-1-2-8-18(16)23)25(26-29(24)22(15-34-26)27(31)32)20-13-28-21-10-4-3-9-19(20)21;/h1-13,22,28H,14-15H2,(H,31,32);/q;+1/p-1/t22-;/m0./s1. The van der Waals surface area contributed by atoms with Crippen molar-refractivity contribution in [2.45, 2.75) is 17.7 Å². The number of hydrogen-bond donors (Lipinski definition) is 1. The third-order valence-electron chi connectivity index (χ3n) is 6.24. The SMILES string of the molecule is O=C([O-])[C@@H]1CSc2c(-c3c[nH]c4ccccc34)c(COc3cccc4ccccc34)cc(=O)n21.[Li+]. The predicted molar refractivity (Wildman–Crippen MR) is 131 cm³/mol. The normalized spacial score (nSPS) is 14.6. The maximum Gasteiger partial charge on any atom is 1.00 e. The molecule has 0 saturated heterocycles. The quantitative estimate of drug-likeness (QED) is 0.386. The van der Waals surface area contributed by atoms with Crippen molar-refractivity contribution in [3.63, 3.8) is 0 Å². The van der Waals surface area contributed by atoms with Crippen LogP contribution in [0.2, 0.25) is 0 Å². The molecular weight excluding hydrogens is 455 g/mol. The number of aromatic nitrogens is 2. The average Bonchev–Trinajstić information content (AvgIpc) is 3.48. The Labute approximate surface area is 217 Å². The van der Waals surface area contributed by atoms with Crippen molar-refractivity contribution >= 4 is 39.4 Å². The van der Waals surface area contributed by atoms with E-state index in [1.807, 2.05) is 72.9 Å². The molecule has 1 aliphatic heterocycles. The summed E-state index contributed by atoms with van der Waals surface area (Å²) in [6.07, 6.45) is 1.90. The van der Waals surface area contributed by atoms with Crippen LogP contribution in [0.5, 0.6) is 5.75 Å². The number of H-pyrrole nitrogens is 1. The second-order valence-electron chi connectivity index (χ2n) is 8.22. The Kier molecular flexibility index (Phi) is 6.24. The Hall–Kier alpha value is -3.37. The van der Waals surface area contributed by atoms with E-state index in [2.05, 4.69) is 4.98 Å². The van der Waals surface area contributed by atoms with Crippen molar-refractivity contribution in [3.8, 4) is 16.9 Å². The predicted octanol–water partition coefficient (Wildman–Crippen LogP) is 1.13. The Balaban J connectivity index is 0.00000253. The van der Waals surface area contributed by atoms with E-state index < -0.39 is 12.0 Å². The molecule has 0 amide bonds. The molecule has 35 heavy (non-hydrogen) atoms. The number of nitrogens with one attached hydrogen (secondary N) is 1. The van der Waals surface area contributed by atoms with Gasteiger partial charge >= 0.3 is 18.9 Å². The minimum atomic E-state index is -1.25. The van der Waals surface area contributed by atoms with E-state index in [9.17, 15) is 14.7 Å². The molecular formula is C27H19LiN2O4S. The smallest absolute Gasteiger partial charge is 0.548 e. The van der Waals surface area contributed by atoms with E-state index in [-0.39, 0.29) is 36.8 Å². The van der Waals surface area contributed by atoms with E-state index in [1.54, 1.807) is 0 Å². The summed E-state index contributed by atoms with van der Waals surface area (Å²) in [5.41, 5.74) is 3.02. The number of aromatic amines is 1. The van der Waals surface area contributed by atoms with Crippen LogP contribution in [0.25, 0.3) is 32.8 Å². The maximum absolute atomic E-state index is 13.1. The summed E-state index contributed by atoms with van der Waals surface area (Å²) in [7, 11) is 0. The number of thioether (sulfide) groups is 1. The van der Waals surface area contributed by atoms with Crippen LogP contribution in [0.15, 0.2) is 88.8 Å². The van der Waals surface area contributed by atoms with Crippen LogP contribution in [0, 0.1) is 0 Å². The summed E-state index contributed by atoms with van der Waals surface area (Å²) in [6.45, 7) is 0.169. The molecule has 5 aromatic rings. The summed E-state index contributed by atoms with van der Waals surface area (Å²) in [4.78, 5) is 28.1. The van der Waals surface area contributed by atoms with Gasteiger partial charge in [0, 0.05) is 51.0 Å². The van der Waals surface area contributed by atoms with Crippen LogP contribution in [-0.2, 0) is 11.4 Å². The molecule has 0 spiro atoms. The van der Waals surface area contributed by atoms with Gasteiger partial charge in [-0.2, -0.15) is 0 Å². The van der Waals surface area contributed by atoms with E-state index in [0.29, 0.717) is 10.6 Å². The Morgan fingerprint density at radius 3 is 2.63 bits per heavy atom. The van der Waals surface area contributed by atoms with Gasteiger partial charge in [0.25, 0.3) is 5.56 Å². The van der Waals surface area contributed by atoms with E-state index in [1.165, 1.54) is 22.4 Å². The number of rotatable bonds is 5. The molecule has 0 fully saturated rings. The first-order chi connectivity index (χ1) is 16.6. The number of benzene rings is 3. The number of carboxylic acids is 1. The molecule has 8 heteroatoms. The average molecular weight is 474 g/mol. The number of fused-ring (bicyclic) bond motifs is 3. The summed E-state index contributed by atoms with van der Waals surface area (Å²) in [5, 5.41) is 15.4. The van der Waals surface area contributed by atoms with Crippen molar-refractivity contribution < 1.29 is 33.5 Å². The first-order valence-electron chi connectivity index (χ1n) is 10.9. The molecule has 0 unspecified atom stereocenters. The fourth-order valence-electron chi connectivity index (χ4n) is 4.65. The second kappa shape index (κ2) is 9.35. The van der Waals surface area contributed by atoms with Gasteiger partial charge in [0.05, 0.1) is 17.0 Å². The summed E-state index contributed by atoms with van der Waals surface area (Å²) in [5.74, 6) is -0.276. The summed E-state index contributed by atoms with van der Waals surface area (Å²) >= 11 is 1.36. The minimum absolute atomic E-state index is 0. The number of pyridine rings is 1. The van der Waals surface area contributed by atoms with E-state index in [4.69, 9.17) is 4.74 Å². The van der Waals surface area contributed by atoms with Crippen LogP contribution in [0.4, 0.5) is 0 Å². The molecule has 1 N–H and O–H groups in total. The van der Waals surface area contributed by atoms with Crippen LogP contribution in [0.1, 0.15) is 11.6 Å². The molecule has 6 rings (SSSR count). The van der Waals surface area contributed by atoms with Crippen LogP contribution >= 0.6 is 11.8 Å². The van der Waals surface area contributed by atoms with Gasteiger partial charge in [-0.25, -0.2) is 0 Å². The largest absolute Gasteiger partial charge is 1.00 e. The van der Waals surface area contributed by atoms with Gasteiger partial charge in [0.1, 0.15) is 12.4 Å². The first-order valence-corrected chi connectivity index (χ1v) is 11.9. The number of aliphatic carboxylic acids is 1. The fourth-order valence-corrected chi connectivity index (χ4v) is 5.99. The van der Waals surface area contributed by atoms with Gasteiger partial charge in [-0.05, 0) is 17.5 Å². The van der Waals surface area contributed by atoms with E-state index in [0.717, 1.165) is 38.6 Å². The van der Waals surface area contributed by atoms with Crippen LogP contribution in [-0.4, -0.2) is 21.3 Å². The monoisotopic (exact) mass is 474 g/mol. The van der Waals surface area contributed by atoms with Gasteiger partial charge in [-0.15, -0.1) is 11.8 Å². The molecule has 168 valence electrons. The minimum Gasteiger partial charge on any atom is -0.548 e. The molecule has 6 nitrogen and oxygen atoms in total. The Bertz CT molecular complexity index is 1640. The number of ether oxygens (including phenoxy) is 1. The van der Waals surface area contributed by atoms with Crippen LogP contribution < -0.4 is 34.3 Å². The third-order valence-corrected chi connectivity index (χ3v) is 7.40. The molecule has 2 aromatic heterocycles. The molecule has 3 heterocycles.